The van der Waals surface area contributed by atoms with E-state index in [9.17, 15) is 5.26 Å². The molecule has 5 heteroatoms. The molecular weight excluding hydrogens is 312 g/mol. The smallest absolute Gasteiger partial charge is 0.172 e. The van der Waals surface area contributed by atoms with E-state index in [0.29, 0.717) is 29.3 Å². The number of ether oxygens (including phenoxy) is 1. The molecule has 1 aromatic heterocycles. The molecule has 0 aliphatic heterocycles. The van der Waals surface area contributed by atoms with Gasteiger partial charge < -0.3 is 10.5 Å². The minimum Gasteiger partial charge on any atom is -0.490 e. The Morgan fingerprint density at radius 3 is 2.64 bits per heavy atom. The van der Waals surface area contributed by atoms with Crippen molar-refractivity contribution in [1.29, 1.82) is 5.26 Å². The van der Waals surface area contributed by atoms with Gasteiger partial charge in [0.25, 0.3) is 0 Å². The van der Waals surface area contributed by atoms with E-state index >= 15 is 0 Å². The molecule has 0 spiro atoms. The zero-order chi connectivity index (χ0) is 17.6. The summed E-state index contributed by atoms with van der Waals surface area (Å²) in [6, 6.07) is 17.0. The number of allylic oxidation sites excluding steroid dienone is 1. The average Bonchev–Trinajstić information content (AvgIpc) is 2.65. The Bertz CT molecular complexity index is 985. The molecule has 0 amide bonds. The highest BCUT2D eigenvalue weighted by Crippen LogP contribution is 2.22. The van der Waals surface area contributed by atoms with Crippen LogP contribution >= 0.6 is 0 Å². The van der Waals surface area contributed by atoms with E-state index in [4.69, 9.17) is 10.5 Å². The standard InChI is InChI=1S/C20H16N4O/c1-2-11-25-16-9-7-14(8-10-16)12-15(13-21)20-23-18-6-4-3-5-17(18)19(22)24-20/h2-10,12H,1,11H2,(H2,22,23,24). The largest absolute Gasteiger partial charge is 0.490 e. The Balaban J connectivity index is 1.95. The molecule has 5 nitrogen and oxygen atoms in total. The number of rotatable bonds is 5. The van der Waals surface area contributed by atoms with Crippen LogP contribution in [0.5, 0.6) is 5.75 Å². The van der Waals surface area contributed by atoms with Gasteiger partial charge in [-0.05, 0) is 35.9 Å². The van der Waals surface area contributed by atoms with Crippen molar-refractivity contribution in [3.63, 3.8) is 0 Å². The quantitative estimate of drug-likeness (QED) is 0.568. The van der Waals surface area contributed by atoms with Gasteiger partial charge in [0.2, 0.25) is 0 Å². The van der Waals surface area contributed by atoms with Crippen molar-refractivity contribution in [2.45, 2.75) is 0 Å². The minimum absolute atomic E-state index is 0.311. The minimum atomic E-state index is 0.311. The average molecular weight is 328 g/mol. The number of hydrogen-bond donors (Lipinski definition) is 1. The second kappa shape index (κ2) is 7.28. The molecule has 122 valence electrons. The number of benzene rings is 2. The fraction of sp³-hybridized carbons (Fsp3) is 0.0500. The highest BCUT2D eigenvalue weighted by atomic mass is 16.5. The maximum atomic E-state index is 9.50. The SMILES string of the molecule is C=CCOc1ccc(C=C(C#N)c2nc(N)c3ccccc3n2)cc1. The van der Waals surface area contributed by atoms with Crippen LogP contribution < -0.4 is 10.5 Å². The lowest BCUT2D eigenvalue weighted by atomic mass is 10.1. The number of anilines is 1. The molecular formula is C20H16N4O. The first-order valence-electron chi connectivity index (χ1n) is 7.69. The Hall–Kier alpha value is -3.65. The number of nitrogens with zero attached hydrogens (tertiary/aromatic N) is 3. The van der Waals surface area contributed by atoms with Crippen molar-refractivity contribution in [2.75, 3.05) is 12.3 Å². The van der Waals surface area contributed by atoms with Crippen molar-refractivity contribution in [1.82, 2.24) is 9.97 Å². The van der Waals surface area contributed by atoms with E-state index in [0.717, 1.165) is 16.7 Å². The van der Waals surface area contributed by atoms with Gasteiger partial charge in [0.1, 0.15) is 24.2 Å². The van der Waals surface area contributed by atoms with Gasteiger partial charge in [-0.1, -0.05) is 36.9 Å². The van der Waals surface area contributed by atoms with Gasteiger partial charge in [-0.3, -0.25) is 0 Å². The van der Waals surface area contributed by atoms with Crippen LogP contribution in [-0.4, -0.2) is 16.6 Å². The maximum absolute atomic E-state index is 9.50. The fourth-order valence-corrected chi connectivity index (χ4v) is 2.35. The number of nitrogens with two attached hydrogens (primary N) is 1. The third-order valence-corrected chi connectivity index (χ3v) is 3.55. The summed E-state index contributed by atoms with van der Waals surface area (Å²) in [5, 5.41) is 10.3. The molecule has 3 aromatic rings. The van der Waals surface area contributed by atoms with Crippen LogP contribution in [0.1, 0.15) is 11.4 Å². The van der Waals surface area contributed by atoms with Gasteiger partial charge in [-0.15, -0.1) is 0 Å². The van der Waals surface area contributed by atoms with E-state index in [-0.39, 0.29) is 0 Å². The number of nitrogen functional groups attached to an aromatic ring is 1. The summed E-state index contributed by atoms with van der Waals surface area (Å²) >= 11 is 0. The first kappa shape index (κ1) is 16.2. The summed E-state index contributed by atoms with van der Waals surface area (Å²) in [6.07, 6.45) is 3.41. The molecule has 0 unspecified atom stereocenters. The zero-order valence-corrected chi connectivity index (χ0v) is 13.5. The molecule has 2 N–H and O–H groups in total. The lowest BCUT2D eigenvalue weighted by Gasteiger charge is -2.05. The molecule has 0 fully saturated rings. The van der Waals surface area contributed by atoms with E-state index < -0.39 is 0 Å². The zero-order valence-electron chi connectivity index (χ0n) is 13.5. The molecule has 25 heavy (non-hydrogen) atoms. The highest BCUT2D eigenvalue weighted by molar-refractivity contribution is 5.93. The Kier molecular flexibility index (Phi) is 4.72. The van der Waals surface area contributed by atoms with Gasteiger partial charge in [0.15, 0.2) is 5.82 Å². The van der Waals surface area contributed by atoms with E-state index in [2.05, 4.69) is 22.6 Å². The monoisotopic (exact) mass is 328 g/mol. The summed E-state index contributed by atoms with van der Waals surface area (Å²) < 4.78 is 5.45. The third kappa shape index (κ3) is 3.65. The number of aromatic nitrogens is 2. The predicted octanol–water partition coefficient (Wildman–Crippen LogP) is 3.84. The Morgan fingerprint density at radius 2 is 1.92 bits per heavy atom. The molecule has 0 bridgehead atoms. The van der Waals surface area contributed by atoms with Crippen LogP contribution in [0, 0.1) is 11.3 Å². The molecule has 0 aliphatic carbocycles. The van der Waals surface area contributed by atoms with Crippen LogP contribution in [0.3, 0.4) is 0 Å². The molecule has 0 aliphatic rings. The van der Waals surface area contributed by atoms with Gasteiger partial charge in [-0.2, -0.15) is 5.26 Å². The summed E-state index contributed by atoms with van der Waals surface area (Å²) in [5.74, 6) is 1.40. The van der Waals surface area contributed by atoms with E-state index in [1.54, 1.807) is 12.2 Å². The Labute approximate surface area is 145 Å². The van der Waals surface area contributed by atoms with Crippen LogP contribution in [0.25, 0.3) is 22.6 Å². The van der Waals surface area contributed by atoms with Crippen LogP contribution in [-0.2, 0) is 0 Å². The molecule has 3 rings (SSSR count). The topological polar surface area (TPSA) is 84.8 Å². The maximum Gasteiger partial charge on any atom is 0.172 e. The van der Waals surface area contributed by atoms with Crippen molar-refractivity contribution >= 4 is 28.4 Å². The molecule has 2 aromatic carbocycles. The molecule has 0 radical (unpaired) electrons. The Morgan fingerprint density at radius 1 is 1.16 bits per heavy atom. The van der Waals surface area contributed by atoms with E-state index in [1.165, 1.54) is 0 Å². The van der Waals surface area contributed by atoms with Crippen LogP contribution in [0.15, 0.2) is 61.2 Å². The van der Waals surface area contributed by atoms with Gasteiger partial charge >= 0.3 is 0 Å². The lowest BCUT2D eigenvalue weighted by Crippen LogP contribution is -2.00. The number of fused-ring (bicyclic) bond motifs is 1. The van der Waals surface area contributed by atoms with Gasteiger partial charge in [-0.25, -0.2) is 9.97 Å². The summed E-state index contributed by atoms with van der Waals surface area (Å²) in [5.41, 5.74) is 7.89. The highest BCUT2D eigenvalue weighted by Gasteiger charge is 2.09. The third-order valence-electron chi connectivity index (χ3n) is 3.55. The normalized spacial score (nSPS) is 11.1. The molecule has 0 saturated carbocycles. The number of nitriles is 1. The van der Waals surface area contributed by atoms with Gasteiger partial charge in [0.05, 0.1) is 11.1 Å². The summed E-state index contributed by atoms with van der Waals surface area (Å²) in [4.78, 5) is 8.71. The first-order chi connectivity index (χ1) is 12.2. The molecule has 0 atom stereocenters. The summed E-state index contributed by atoms with van der Waals surface area (Å²) in [6.45, 7) is 4.06. The van der Waals surface area contributed by atoms with Crippen molar-refractivity contribution < 1.29 is 4.74 Å². The van der Waals surface area contributed by atoms with Crippen molar-refractivity contribution in [3.8, 4) is 11.8 Å². The number of hydrogen-bond acceptors (Lipinski definition) is 5. The van der Waals surface area contributed by atoms with Gasteiger partial charge in [0, 0.05) is 5.39 Å². The predicted molar refractivity (Wildman–Crippen MR) is 99.6 cm³/mol. The lowest BCUT2D eigenvalue weighted by molar-refractivity contribution is 0.363. The van der Waals surface area contributed by atoms with E-state index in [1.807, 2.05) is 48.5 Å². The summed E-state index contributed by atoms with van der Waals surface area (Å²) in [7, 11) is 0. The molecule has 0 saturated heterocycles. The number of para-hydroxylation sites is 1. The second-order valence-electron chi connectivity index (χ2n) is 5.29. The fourth-order valence-electron chi connectivity index (χ4n) is 2.35. The second-order valence-corrected chi connectivity index (χ2v) is 5.29. The molecule has 1 heterocycles. The van der Waals surface area contributed by atoms with Crippen molar-refractivity contribution in [3.05, 3.63) is 72.6 Å². The van der Waals surface area contributed by atoms with Crippen LogP contribution in [0.2, 0.25) is 0 Å². The first-order valence-corrected chi connectivity index (χ1v) is 7.69. The van der Waals surface area contributed by atoms with Crippen molar-refractivity contribution in [2.24, 2.45) is 0 Å². The van der Waals surface area contributed by atoms with Crippen LogP contribution in [0.4, 0.5) is 5.82 Å².